The molecule has 9 nitrogen and oxygen atoms in total. The van der Waals surface area contributed by atoms with Crippen molar-refractivity contribution in [3.05, 3.63) is 23.8 Å². The zero-order valence-corrected chi connectivity index (χ0v) is 24.7. The highest BCUT2D eigenvalue weighted by Crippen LogP contribution is 2.31. The molecule has 0 bridgehead atoms. The zero-order valence-electron chi connectivity index (χ0n) is 24.7. The van der Waals surface area contributed by atoms with E-state index in [1.54, 1.807) is 46.3 Å². The molecule has 3 rings (SSSR count). The predicted octanol–water partition coefficient (Wildman–Crippen LogP) is 3.62. The first-order chi connectivity index (χ1) is 18.5. The second-order valence-electron chi connectivity index (χ2n) is 11.8. The third kappa shape index (κ3) is 9.36. The van der Waals surface area contributed by atoms with Gasteiger partial charge in [-0.05, 0) is 78.0 Å². The molecule has 0 unspecified atom stereocenters. The molecule has 9 heteroatoms. The van der Waals surface area contributed by atoms with E-state index in [0.29, 0.717) is 55.4 Å². The minimum Gasteiger partial charge on any atom is -0.493 e. The molecule has 220 valence electrons. The minimum absolute atomic E-state index is 0.0169. The highest BCUT2D eigenvalue weighted by molar-refractivity contribution is 5.95. The number of nitrogens with one attached hydrogen (secondary N) is 1. The first kappa shape index (κ1) is 31.2. The number of methoxy groups -OCH3 is 2. The van der Waals surface area contributed by atoms with E-state index in [-0.39, 0.29) is 30.3 Å². The van der Waals surface area contributed by atoms with Crippen molar-refractivity contribution in [1.29, 1.82) is 0 Å². The average molecular weight is 548 g/mol. The van der Waals surface area contributed by atoms with Gasteiger partial charge in [-0.25, -0.2) is 0 Å². The van der Waals surface area contributed by atoms with E-state index < -0.39 is 5.60 Å². The second kappa shape index (κ2) is 14.3. The van der Waals surface area contributed by atoms with E-state index in [4.69, 9.17) is 14.2 Å². The van der Waals surface area contributed by atoms with Crippen molar-refractivity contribution in [2.24, 2.45) is 0 Å². The lowest BCUT2D eigenvalue weighted by Crippen LogP contribution is -2.54. The van der Waals surface area contributed by atoms with Gasteiger partial charge in [-0.3, -0.25) is 9.59 Å². The Bertz CT molecular complexity index is 935. The van der Waals surface area contributed by atoms with Gasteiger partial charge in [-0.2, -0.15) is 0 Å². The van der Waals surface area contributed by atoms with E-state index in [0.717, 1.165) is 38.5 Å². The number of benzene rings is 1. The quantitative estimate of drug-likeness (QED) is 0.324. The average Bonchev–Trinajstić information content (AvgIpc) is 3.71. The maximum absolute atomic E-state index is 13.7. The summed E-state index contributed by atoms with van der Waals surface area (Å²) >= 11 is 0. The third-order valence-corrected chi connectivity index (χ3v) is 7.45. The second-order valence-corrected chi connectivity index (χ2v) is 11.8. The molecule has 2 atom stereocenters. The van der Waals surface area contributed by atoms with Crippen LogP contribution < -0.4 is 14.8 Å². The van der Waals surface area contributed by atoms with E-state index in [9.17, 15) is 14.7 Å². The number of nitrogens with zero attached hydrogens (tertiary/aromatic N) is 2. The van der Waals surface area contributed by atoms with Crippen LogP contribution in [0, 0.1) is 0 Å². The van der Waals surface area contributed by atoms with Crippen LogP contribution in [0.5, 0.6) is 11.5 Å². The van der Waals surface area contributed by atoms with Crippen LogP contribution in [0.15, 0.2) is 18.2 Å². The first-order valence-corrected chi connectivity index (χ1v) is 14.4. The van der Waals surface area contributed by atoms with Crippen molar-refractivity contribution in [2.75, 3.05) is 40.5 Å². The van der Waals surface area contributed by atoms with Crippen molar-refractivity contribution in [3.8, 4) is 11.5 Å². The molecule has 2 aliphatic rings. The number of aliphatic hydroxyl groups is 1. The molecule has 0 spiro atoms. The fourth-order valence-electron chi connectivity index (χ4n) is 5.33. The fourth-order valence-corrected chi connectivity index (χ4v) is 5.33. The number of amides is 2. The Morgan fingerprint density at radius 3 is 2.36 bits per heavy atom. The van der Waals surface area contributed by atoms with Gasteiger partial charge >= 0.3 is 0 Å². The molecule has 0 radical (unpaired) electrons. The number of ether oxygens (including phenoxy) is 3. The summed E-state index contributed by atoms with van der Waals surface area (Å²) in [4.78, 5) is 30.4. The van der Waals surface area contributed by atoms with Crippen molar-refractivity contribution >= 4 is 11.8 Å². The Morgan fingerprint density at radius 2 is 1.79 bits per heavy atom. The Balaban J connectivity index is 1.58. The number of rotatable bonds is 15. The Morgan fingerprint density at radius 1 is 1.08 bits per heavy atom. The van der Waals surface area contributed by atoms with Gasteiger partial charge in [-0.15, -0.1) is 0 Å². The first-order valence-electron chi connectivity index (χ1n) is 14.4. The van der Waals surface area contributed by atoms with Crippen LogP contribution in [0.1, 0.15) is 83.0 Å². The van der Waals surface area contributed by atoms with Crippen LogP contribution in [0.25, 0.3) is 0 Å². The number of hydrogen-bond donors (Lipinski definition) is 2. The van der Waals surface area contributed by atoms with Crippen LogP contribution in [0.2, 0.25) is 0 Å². The van der Waals surface area contributed by atoms with E-state index in [1.807, 2.05) is 9.80 Å². The van der Waals surface area contributed by atoms with Gasteiger partial charge in [0.15, 0.2) is 11.5 Å². The number of hydrogen-bond acceptors (Lipinski definition) is 7. The molecule has 0 aromatic heterocycles. The monoisotopic (exact) mass is 547 g/mol. The summed E-state index contributed by atoms with van der Waals surface area (Å²) in [5.74, 6) is 1.18. The van der Waals surface area contributed by atoms with E-state index in [1.165, 1.54) is 0 Å². The van der Waals surface area contributed by atoms with Crippen LogP contribution in [-0.4, -0.2) is 97.0 Å². The summed E-state index contributed by atoms with van der Waals surface area (Å²) in [7, 11) is 3.25. The summed E-state index contributed by atoms with van der Waals surface area (Å²) < 4.78 is 16.4. The van der Waals surface area contributed by atoms with Crippen LogP contribution >= 0.6 is 0 Å². The topological polar surface area (TPSA) is 101 Å². The van der Waals surface area contributed by atoms with Gasteiger partial charge in [0, 0.05) is 63.0 Å². The normalized spacial score (nSPS) is 19.6. The number of piperidine rings is 1. The summed E-state index contributed by atoms with van der Waals surface area (Å²) in [5.41, 5.74) is -0.410. The third-order valence-electron chi connectivity index (χ3n) is 7.45. The molecular weight excluding hydrogens is 498 g/mol. The zero-order chi connectivity index (χ0) is 28.6. The lowest BCUT2D eigenvalue weighted by atomic mass is 9.95. The molecule has 1 aromatic rings. The Kier molecular flexibility index (Phi) is 11.4. The molecule has 1 aliphatic carbocycles. The summed E-state index contributed by atoms with van der Waals surface area (Å²) in [6, 6.07) is 6.11. The molecule has 1 saturated heterocycles. The summed E-state index contributed by atoms with van der Waals surface area (Å²) in [6.45, 7) is 9.97. The number of carbonyl (C=O) groups is 2. The smallest absolute Gasteiger partial charge is 0.254 e. The molecule has 2 N–H and O–H groups in total. The van der Waals surface area contributed by atoms with Gasteiger partial charge in [0.1, 0.15) is 0 Å². The van der Waals surface area contributed by atoms with Crippen LogP contribution in [0.4, 0.5) is 0 Å². The highest BCUT2D eigenvalue weighted by atomic mass is 16.5. The molecule has 39 heavy (non-hydrogen) atoms. The lowest BCUT2D eigenvalue weighted by Gasteiger charge is -2.40. The largest absolute Gasteiger partial charge is 0.493 e. The van der Waals surface area contributed by atoms with Gasteiger partial charge in [0.2, 0.25) is 5.91 Å². The SMILES string of the molecule is COCCCOc1cc(C(=O)N(C(C)C)[C@@H]2CC[C@H](CCN(C(=O)CC(C)(C)O)C3CC3)NC2)ccc1OC. The lowest BCUT2D eigenvalue weighted by molar-refractivity contribution is -0.136. The van der Waals surface area contributed by atoms with Gasteiger partial charge < -0.3 is 34.4 Å². The van der Waals surface area contributed by atoms with Crippen LogP contribution in [0.3, 0.4) is 0 Å². The van der Waals surface area contributed by atoms with Crippen molar-refractivity contribution < 1.29 is 28.9 Å². The van der Waals surface area contributed by atoms with Crippen molar-refractivity contribution in [3.63, 3.8) is 0 Å². The van der Waals surface area contributed by atoms with Gasteiger partial charge in [0.05, 0.1) is 25.7 Å². The van der Waals surface area contributed by atoms with Crippen molar-refractivity contribution in [2.45, 2.75) is 102 Å². The molecule has 1 aromatic carbocycles. The maximum atomic E-state index is 13.7. The number of carbonyl (C=O) groups excluding carboxylic acids is 2. The maximum Gasteiger partial charge on any atom is 0.254 e. The van der Waals surface area contributed by atoms with E-state index in [2.05, 4.69) is 19.2 Å². The molecule has 2 amide bonds. The molecule has 1 heterocycles. The fraction of sp³-hybridized carbons (Fsp3) is 0.733. The molecule has 1 saturated carbocycles. The van der Waals surface area contributed by atoms with Crippen molar-refractivity contribution in [1.82, 2.24) is 15.1 Å². The standard InChI is InChI=1S/C30H49N3O6/c1-21(2)33(29(35)22-8-13-26(38-6)27(18-22)39-17-7-16-37-5)25-10-9-23(31-20-25)14-15-32(24-11-12-24)28(34)19-30(3,4)36/h8,13,18,21,23-25,31,36H,7,9-12,14-17,19-20H2,1-6H3/t23-,25-/m1/s1. The Labute approximate surface area is 234 Å². The molecule has 1 aliphatic heterocycles. The molecule has 2 fully saturated rings. The highest BCUT2D eigenvalue weighted by Gasteiger charge is 2.36. The van der Waals surface area contributed by atoms with E-state index >= 15 is 0 Å². The molecular formula is C30H49N3O6. The van der Waals surface area contributed by atoms with Gasteiger partial charge in [-0.1, -0.05) is 0 Å². The minimum atomic E-state index is -0.992. The van der Waals surface area contributed by atoms with Gasteiger partial charge in [0.25, 0.3) is 5.91 Å². The summed E-state index contributed by atoms with van der Waals surface area (Å²) in [5, 5.41) is 13.7. The summed E-state index contributed by atoms with van der Waals surface area (Å²) in [6.07, 6.45) is 5.72. The Hall–Kier alpha value is -2.36. The van der Waals surface area contributed by atoms with Crippen LogP contribution in [-0.2, 0) is 9.53 Å². The predicted molar refractivity (Wildman–Crippen MR) is 151 cm³/mol.